The van der Waals surface area contributed by atoms with Crippen molar-refractivity contribution in [1.29, 1.82) is 0 Å². The second kappa shape index (κ2) is 9.38. The van der Waals surface area contributed by atoms with Gasteiger partial charge in [0.1, 0.15) is 0 Å². The van der Waals surface area contributed by atoms with Crippen molar-refractivity contribution in [2.24, 2.45) is 13.0 Å². The van der Waals surface area contributed by atoms with Crippen LogP contribution in [0.5, 0.6) is 0 Å². The highest BCUT2D eigenvalue weighted by atomic mass is 19.4. The molecule has 1 aliphatic carbocycles. The summed E-state index contributed by atoms with van der Waals surface area (Å²) in [6.45, 7) is 0. The zero-order valence-electron chi connectivity index (χ0n) is 19.0. The second-order valence-electron chi connectivity index (χ2n) is 8.84. The molecule has 37 heavy (non-hydrogen) atoms. The van der Waals surface area contributed by atoms with Crippen molar-refractivity contribution in [2.45, 2.75) is 43.5 Å². The fraction of sp³-hybridized carbons (Fsp3) is 0.391. The summed E-state index contributed by atoms with van der Waals surface area (Å²) < 4.78 is 107. The minimum absolute atomic E-state index is 0.0606. The third kappa shape index (κ3) is 6.05. The normalized spacial score (nSPS) is 18.6. The van der Waals surface area contributed by atoms with E-state index in [2.05, 4.69) is 20.7 Å². The van der Waals surface area contributed by atoms with Gasteiger partial charge in [0.15, 0.2) is 0 Å². The number of nitrogens with zero attached hydrogens (tertiary/aromatic N) is 4. The van der Waals surface area contributed by atoms with Gasteiger partial charge in [-0.25, -0.2) is 8.78 Å². The topological polar surface area (TPSA) is 72.7 Å². The van der Waals surface area contributed by atoms with Gasteiger partial charge in [-0.2, -0.15) is 31.1 Å². The first-order valence-electron chi connectivity index (χ1n) is 10.9. The van der Waals surface area contributed by atoms with Crippen LogP contribution in [-0.2, 0) is 24.2 Å². The Hall–Kier alpha value is -3.58. The Labute approximate surface area is 204 Å². The molecule has 4 rings (SSSR count). The summed E-state index contributed by atoms with van der Waals surface area (Å²) in [4.78, 5) is 14.4. The summed E-state index contributed by atoms with van der Waals surface area (Å²) in [5.74, 6) is -5.96. The number of amides is 1. The van der Waals surface area contributed by atoms with E-state index in [1.54, 1.807) is 7.05 Å². The van der Waals surface area contributed by atoms with Gasteiger partial charge < -0.3 is 5.32 Å². The van der Waals surface area contributed by atoms with Crippen molar-refractivity contribution >= 4 is 11.6 Å². The highest BCUT2D eigenvalue weighted by Crippen LogP contribution is 2.46. The molecule has 1 fully saturated rings. The lowest BCUT2D eigenvalue weighted by Gasteiger charge is -2.24. The molecule has 0 bridgehead atoms. The van der Waals surface area contributed by atoms with Crippen LogP contribution in [0.25, 0.3) is 11.4 Å². The third-order valence-electron chi connectivity index (χ3n) is 6.09. The van der Waals surface area contributed by atoms with Crippen LogP contribution in [0.1, 0.15) is 41.9 Å². The van der Waals surface area contributed by atoms with Crippen LogP contribution >= 0.6 is 0 Å². The molecule has 0 aliphatic heterocycles. The van der Waals surface area contributed by atoms with Crippen LogP contribution in [0.2, 0.25) is 0 Å². The van der Waals surface area contributed by atoms with Crippen molar-refractivity contribution in [2.75, 3.05) is 5.32 Å². The lowest BCUT2D eigenvalue weighted by molar-refractivity contribution is -0.143. The summed E-state index contributed by atoms with van der Waals surface area (Å²) in [5.41, 5.74) is -3.21. The minimum atomic E-state index is -5.11. The largest absolute Gasteiger partial charge is 0.416 e. The molecule has 0 saturated heterocycles. The Morgan fingerprint density at radius 1 is 1.03 bits per heavy atom. The van der Waals surface area contributed by atoms with E-state index in [1.807, 2.05) is 0 Å². The SMILES string of the molecule is Cn1nnc(-c2ccc([C@@H](C(=O)Nc3cc(C(F)(F)F)cc(C(F)(F)F)c3)[C@H]3CCC(F)(F)C3)cc2)n1. The highest BCUT2D eigenvalue weighted by molar-refractivity contribution is 5.96. The fourth-order valence-corrected chi connectivity index (χ4v) is 4.39. The molecule has 0 unspecified atom stereocenters. The maximum absolute atomic E-state index is 14.0. The zero-order valence-corrected chi connectivity index (χ0v) is 19.0. The predicted octanol–water partition coefficient (Wildman–Crippen LogP) is 6.07. The molecule has 6 nitrogen and oxygen atoms in total. The van der Waals surface area contributed by atoms with Gasteiger partial charge in [0.25, 0.3) is 0 Å². The Kier molecular flexibility index (Phi) is 6.71. The van der Waals surface area contributed by atoms with Gasteiger partial charge in [0.2, 0.25) is 17.7 Å². The summed E-state index contributed by atoms with van der Waals surface area (Å²) in [7, 11) is 1.55. The number of anilines is 1. The van der Waals surface area contributed by atoms with Crippen LogP contribution in [-0.4, -0.2) is 32.0 Å². The summed E-state index contributed by atoms with van der Waals surface area (Å²) >= 11 is 0. The molecular weight excluding hydrogens is 514 g/mol. The first kappa shape index (κ1) is 26.5. The second-order valence-corrected chi connectivity index (χ2v) is 8.84. The smallest absolute Gasteiger partial charge is 0.326 e. The third-order valence-corrected chi connectivity index (χ3v) is 6.09. The number of alkyl halides is 8. The number of hydrogen-bond donors (Lipinski definition) is 1. The number of tetrazole rings is 1. The average Bonchev–Trinajstić information content (AvgIpc) is 3.38. The molecule has 198 valence electrons. The number of carbonyl (C=O) groups is 1. The van der Waals surface area contributed by atoms with E-state index in [0.29, 0.717) is 17.7 Å². The molecule has 2 aromatic carbocycles. The number of aromatic nitrogens is 4. The molecule has 1 aromatic heterocycles. The number of benzene rings is 2. The minimum Gasteiger partial charge on any atom is -0.326 e. The average molecular weight is 533 g/mol. The Bertz CT molecular complexity index is 1250. The molecule has 14 heteroatoms. The van der Waals surface area contributed by atoms with Crippen LogP contribution in [0.4, 0.5) is 40.8 Å². The maximum Gasteiger partial charge on any atom is 0.416 e. The first-order chi connectivity index (χ1) is 17.1. The maximum atomic E-state index is 14.0. The summed E-state index contributed by atoms with van der Waals surface area (Å²) in [5, 5.41) is 13.7. The van der Waals surface area contributed by atoms with Gasteiger partial charge >= 0.3 is 12.4 Å². The van der Waals surface area contributed by atoms with Crippen LogP contribution in [0, 0.1) is 5.92 Å². The molecule has 1 amide bonds. The number of aryl methyl sites for hydroxylation is 1. The number of carbonyl (C=O) groups excluding carboxylic acids is 1. The molecule has 0 spiro atoms. The van der Waals surface area contributed by atoms with Crippen molar-refractivity contribution in [3.63, 3.8) is 0 Å². The van der Waals surface area contributed by atoms with Gasteiger partial charge in [-0.3, -0.25) is 4.79 Å². The number of halogens is 8. The van der Waals surface area contributed by atoms with Crippen LogP contribution < -0.4 is 5.32 Å². The first-order valence-corrected chi connectivity index (χ1v) is 10.9. The molecule has 2 atom stereocenters. The monoisotopic (exact) mass is 533 g/mol. The van der Waals surface area contributed by atoms with E-state index < -0.39 is 65.7 Å². The number of rotatable bonds is 5. The summed E-state index contributed by atoms with van der Waals surface area (Å²) in [6, 6.07) is 6.63. The van der Waals surface area contributed by atoms with Gasteiger partial charge in [-0.1, -0.05) is 24.3 Å². The number of nitrogens with one attached hydrogen (secondary N) is 1. The molecule has 1 saturated carbocycles. The lowest BCUT2D eigenvalue weighted by atomic mass is 9.83. The molecule has 1 N–H and O–H groups in total. The molecule has 0 radical (unpaired) electrons. The van der Waals surface area contributed by atoms with Crippen LogP contribution in [0.15, 0.2) is 42.5 Å². The quantitative estimate of drug-likeness (QED) is 0.404. The molecular formula is C23H19F8N5O. The van der Waals surface area contributed by atoms with Crippen molar-refractivity contribution in [3.8, 4) is 11.4 Å². The van der Waals surface area contributed by atoms with E-state index >= 15 is 0 Å². The van der Waals surface area contributed by atoms with Gasteiger partial charge in [-0.15, -0.1) is 10.2 Å². The summed E-state index contributed by atoms with van der Waals surface area (Å²) in [6.07, 6.45) is -11.4. The van der Waals surface area contributed by atoms with E-state index in [0.717, 1.165) is 0 Å². The predicted molar refractivity (Wildman–Crippen MR) is 114 cm³/mol. The van der Waals surface area contributed by atoms with E-state index in [1.165, 1.54) is 29.1 Å². The Morgan fingerprint density at radius 2 is 1.62 bits per heavy atom. The van der Waals surface area contributed by atoms with Gasteiger partial charge in [0.05, 0.1) is 24.1 Å². The van der Waals surface area contributed by atoms with Gasteiger partial charge in [0, 0.05) is 24.1 Å². The van der Waals surface area contributed by atoms with Crippen LogP contribution in [0.3, 0.4) is 0 Å². The molecule has 1 aliphatic rings. The Morgan fingerprint density at radius 3 is 2.08 bits per heavy atom. The highest BCUT2D eigenvalue weighted by Gasteiger charge is 2.45. The van der Waals surface area contributed by atoms with E-state index in [9.17, 15) is 39.9 Å². The lowest BCUT2D eigenvalue weighted by Crippen LogP contribution is -2.28. The zero-order chi connectivity index (χ0) is 27.2. The number of hydrogen-bond acceptors (Lipinski definition) is 4. The Balaban J connectivity index is 1.68. The standard InChI is InChI=1S/C23H19F8N5O/c1-36-34-19(33-35-36)13-4-2-12(3-5-13)18(14-6-7-21(24,25)11-14)20(37)32-17-9-15(22(26,27)28)8-16(10-17)23(29,30)31/h2-5,8-10,14,18H,6-7,11H2,1H3,(H,32,37)/t14-,18+/m0/s1. The fourth-order valence-electron chi connectivity index (χ4n) is 4.39. The van der Waals surface area contributed by atoms with Gasteiger partial charge in [-0.05, 0) is 41.3 Å². The molecule has 3 aromatic rings. The van der Waals surface area contributed by atoms with E-state index in [4.69, 9.17) is 0 Å². The van der Waals surface area contributed by atoms with Crippen molar-refractivity contribution in [1.82, 2.24) is 20.2 Å². The van der Waals surface area contributed by atoms with Crippen molar-refractivity contribution in [3.05, 3.63) is 59.2 Å². The van der Waals surface area contributed by atoms with E-state index in [-0.39, 0.29) is 23.9 Å². The van der Waals surface area contributed by atoms with Crippen molar-refractivity contribution < 1.29 is 39.9 Å². The molecule has 1 heterocycles.